The monoisotopic (exact) mass is 274 g/mol. The van der Waals surface area contributed by atoms with Crippen molar-refractivity contribution in [3.05, 3.63) is 17.5 Å². The summed E-state index contributed by atoms with van der Waals surface area (Å²) < 4.78 is 69.9. The standard InChI is InChI=1S/C8H10F4N2O2S/c1-6-7(5-17(12,15)16)4-14(13-6)3-2-8(9,10)11/h4H,2-3,5H2,1H3. The van der Waals surface area contributed by atoms with Gasteiger partial charge >= 0.3 is 16.4 Å². The summed E-state index contributed by atoms with van der Waals surface area (Å²) in [5.41, 5.74) is 0.267. The molecule has 0 atom stereocenters. The molecule has 0 bridgehead atoms. The van der Waals surface area contributed by atoms with E-state index in [9.17, 15) is 25.5 Å². The Labute approximate surface area is 95.4 Å². The van der Waals surface area contributed by atoms with E-state index in [1.807, 2.05) is 0 Å². The van der Waals surface area contributed by atoms with Crippen LogP contribution in [0, 0.1) is 6.92 Å². The average Bonchev–Trinajstić information content (AvgIpc) is 2.40. The van der Waals surface area contributed by atoms with Gasteiger partial charge in [-0.3, -0.25) is 4.68 Å². The predicted octanol–water partition coefficient (Wildman–Crippen LogP) is 1.94. The lowest BCUT2D eigenvalue weighted by Gasteiger charge is -2.05. The highest BCUT2D eigenvalue weighted by Gasteiger charge is 2.27. The molecule has 0 fully saturated rings. The second-order valence-electron chi connectivity index (χ2n) is 3.55. The molecule has 1 rings (SSSR count). The molecule has 0 aromatic carbocycles. The Bertz CT molecular complexity index is 492. The summed E-state index contributed by atoms with van der Waals surface area (Å²) in [6, 6.07) is 0. The third-order valence-electron chi connectivity index (χ3n) is 2.00. The molecule has 98 valence electrons. The van der Waals surface area contributed by atoms with E-state index in [0.717, 1.165) is 10.9 Å². The minimum atomic E-state index is -4.71. The summed E-state index contributed by atoms with van der Waals surface area (Å²) >= 11 is 0. The lowest BCUT2D eigenvalue weighted by Crippen LogP contribution is -2.12. The Kier molecular flexibility index (Phi) is 3.80. The molecule has 0 saturated carbocycles. The van der Waals surface area contributed by atoms with Crippen LogP contribution in [0.15, 0.2) is 6.20 Å². The van der Waals surface area contributed by atoms with Crippen molar-refractivity contribution in [1.82, 2.24) is 9.78 Å². The summed E-state index contributed by atoms with van der Waals surface area (Å²) in [5, 5.41) is 3.68. The van der Waals surface area contributed by atoms with E-state index in [1.165, 1.54) is 6.92 Å². The van der Waals surface area contributed by atoms with Crippen LogP contribution >= 0.6 is 0 Å². The zero-order chi connectivity index (χ0) is 13.3. The average molecular weight is 274 g/mol. The van der Waals surface area contributed by atoms with Crippen LogP contribution in [0.3, 0.4) is 0 Å². The normalized spacial score (nSPS) is 13.0. The molecule has 1 aromatic rings. The molecule has 0 N–H and O–H groups in total. The molecule has 0 saturated heterocycles. The fraction of sp³-hybridized carbons (Fsp3) is 0.625. The molecule has 9 heteroatoms. The number of hydrogen-bond acceptors (Lipinski definition) is 3. The van der Waals surface area contributed by atoms with E-state index in [2.05, 4.69) is 5.10 Å². The molecule has 0 aliphatic rings. The molecule has 17 heavy (non-hydrogen) atoms. The van der Waals surface area contributed by atoms with Gasteiger partial charge in [0.25, 0.3) is 0 Å². The zero-order valence-electron chi connectivity index (χ0n) is 8.83. The number of halogens is 4. The molecule has 0 radical (unpaired) electrons. The van der Waals surface area contributed by atoms with Crippen molar-refractivity contribution in [2.24, 2.45) is 0 Å². The number of alkyl halides is 3. The molecule has 4 nitrogen and oxygen atoms in total. The smallest absolute Gasteiger partial charge is 0.272 e. The van der Waals surface area contributed by atoms with Crippen molar-refractivity contribution in [3.8, 4) is 0 Å². The topological polar surface area (TPSA) is 52.0 Å². The highest BCUT2D eigenvalue weighted by molar-refractivity contribution is 7.85. The first-order valence-corrected chi connectivity index (χ1v) is 6.14. The summed E-state index contributed by atoms with van der Waals surface area (Å²) in [5.74, 6) is -0.870. The van der Waals surface area contributed by atoms with Gasteiger partial charge in [0.1, 0.15) is 5.75 Å². The molecule has 0 aliphatic heterocycles. The molecular formula is C8H10F4N2O2S. The zero-order valence-corrected chi connectivity index (χ0v) is 9.65. The largest absolute Gasteiger partial charge is 0.390 e. The van der Waals surface area contributed by atoms with Crippen molar-refractivity contribution in [3.63, 3.8) is 0 Å². The molecule has 0 spiro atoms. The van der Waals surface area contributed by atoms with Gasteiger partial charge in [-0.15, -0.1) is 3.89 Å². The fourth-order valence-corrected chi connectivity index (χ4v) is 1.90. The van der Waals surface area contributed by atoms with Crippen LogP contribution in [0.5, 0.6) is 0 Å². The Morgan fingerprint density at radius 2 is 2.00 bits per heavy atom. The van der Waals surface area contributed by atoms with E-state index in [0.29, 0.717) is 0 Å². The maximum Gasteiger partial charge on any atom is 0.390 e. The quantitative estimate of drug-likeness (QED) is 0.623. The Morgan fingerprint density at radius 1 is 1.41 bits per heavy atom. The highest BCUT2D eigenvalue weighted by Crippen LogP contribution is 2.20. The third-order valence-corrected chi connectivity index (χ3v) is 2.66. The predicted molar refractivity (Wildman–Crippen MR) is 51.4 cm³/mol. The van der Waals surface area contributed by atoms with Crippen molar-refractivity contribution in [1.29, 1.82) is 0 Å². The van der Waals surface area contributed by atoms with Gasteiger partial charge in [-0.25, -0.2) is 0 Å². The van der Waals surface area contributed by atoms with Gasteiger partial charge in [-0.05, 0) is 6.92 Å². The third kappa shape index (κ3) is 5.16. The number of aryl methyl sites for hydroxylation is 2. The highest BCUT2D eigenvalue weighted by atomic mass is 32.3. The van der Waals surface area contributed by atoms with Crippen molar-refractivity contribution >= 4 is 10.2 Å². The number of hydrogen-bond donors (Lipinski definition) is 0. The summed E-state index contributed by atoms with van der Waals surface area (Å²) in [4.78, 5) is 0. The summed E-state index contributed by atoms with van der Waals surface area (Å²) in [6.07, 6.45) is -4.28. The molecule has 0 aliphatic carbocycles. The Balaban J connectivity index is 2.75. The van der Waals surface area contributed by atoms with Crippen LogP contribution in [0.25, 0.3) is 0 Å². The van der Waals surface area contributed by atoms with Crippen molar-refractivity contribution in [2.75, 3.05) is 0 Å². The first kappa shape index (κ1) is 13.9. The van der Waals surface area contributed by atoms with E-state index >= 15 is 0 Å². The van der Waals surface area contributed by atoms with Crippen LogP contribution in [-0.2, 0) is 22.5 Å². The molecule has 1 aromatic heterocycles. The number of aromatic nitrogens is 2. The fourth-order valence-electron chi connectivity index (χ4n) is 1.24. The second-order valence-corrected chi connectivity index (χ2v) is 4.92. The Morgan fingerprint density at radius 3 is 2.47 bits per heavy atom. The van der Waals surface area contributed by atoms with Gasteiger partial charge in [0, 0.05) is 18.3 Å². The van der Waals surface area contributed by atoms with E-state index in [1.54, 1.807) is 0 Å². The SMILES string of the molecule is Cc1nn(CCC(F)(F)F)cc1CS(=O)(=O)F. The second kappa shape index (κ2) is 4.63. The van der Waals surface area contributed by atoms with Gasteiger partial charge in [-0.2, -0.15) is 26.7 Å². The lowest BCUT2D eigenvalue weighted by atomic mass is 10.3. The first-order chi connectivity index (χ1) is 7.57. The van der Waals surface area contributed by atoms with Crippen molar-refractivity contribution < 1.29 is 25.5 Å². The van der Waals surface area contributed by atoms with Gasteiger partial charge in [-0.1, -0.05) is 0 Å². The van der Waals surface area contributed by atoms with Crippen LogP contribution in [0.1, 0.15) is 17.7 Å². The maximum atomic E-state index is 12.4. The summed E-state index contributed by atoms with van der Waals surface area (Å²) in [7, 11) is -4.71. The van der Waals surface area contributed by atoms with E-state index in [4.69, 9.17) is 0 Å². The molecule has 0 unspecified atom stereocenters. The minimum absolute atomic E-state index is 0.0645. The van der Waals surface area contributed by atoms with Gasteiger partial charge in [0.15, 0.2) is 0 Å². The van der Waals surface area contributed by atoms with Gasteiger partial charge in [0.2, 0.25) is 0 Å². The first-order valence-electron chi connectivity index (χ1n) is 4.59. The lowest BCUT2D eigenvalue weighted by molar-refractivity contribution is -0.137. The minimum Gasteiger partial charge on any atom is -0.272 e. The van der Waals surface area contributed by atoms with Crippen molar-refractivity contribution in [2.45, 2.75) is 31.8 Å². The van der Waals surface area contributed by atoms with Crippen LogP contribution in [0.4, 0.5) is 17.1 Å². The maximum absolute atomic E-state index is 12.4. The molecular weight excluding hydrogens is 264 g/mol. The molecule has 1 heterocycles. The van der Waals surface area contributed by atoms with E-state index in [-0.39, 0.29) is 11.3 Å². The number of rotatable bonds is 4. The van der Waals surface area contributed by atoms with Crippen LogP contribution in [-0.4, -0.2) is 24.4 Å². The summed E-state index contributed by atoms with van der Waals surface area (Å²) in [6.45, 7) is 0.987. The van der Waals surface area contributed by atoms with Gasteiger partial charge in [0.05, 0.1) is 12.1 Å². The van der Waals surface area contributed by atoms with Crippen LogP contribution in [0.2, 0.25) is 0 Å². The van der Waals surface area contributed by atoms with Crippen LogP contribution < -0.4 is 0 Å². The van der Waals surface area contributed by atoms with Gasteiger partial charge < -0.3 is 0 Å². The number of nitrogens with zero attached hydrogens (tertiary/aromatic N) is 2. The van der Waals surface area contributed by atoms with E-state index < -0.39 is 35.1 Å². The Hall–Kier alpha value is -1.12. The molecule has 0 amide bonds.